The number of thiazole rings is 1. The van der Waals surface area contributed by atoms with Crippen LogP contribution in [0.25, 0.3) is 11.0 Å². The highest BCUT2D eigenvalue weighted by Gasteiger charge is 2.08. The van der Waals surface area contributed by atoms with Gasteiger partial charge in [-0.3, -0.25) is 9.97 Å². The Morgan fingerprint density at radius 3 is 2.35 bits per heavy atom. The zero-order valence-corrected chi connectivity index (χ0v) is 16.7. The van der Waals surface area contributed by atoms with Crippen LogP contribution in [-0.2, 0) is 25.7 Å². The maximum absolute atomic E-state index is 4.62. The molecule has 5 heteroatoms. The molecule has 0 N–H and O–H groups in total. The average Bonchev–Trinajstić information content (AvgIpc) is 3.28. The summed E-state index contributed by atoms with van der Waals surface area (Å²) in [5.41, 5.74) is 4.50. The lowest BCUT2D eigenvalue weighted by Crippen LogP contribution is -1.95. The highest BCUT2D eigenvalue weighted by molar-refractivity contribution is 7.12. The molecule has 0 aliphatic rings. The summed E-state index contributed by atoms with van der Waals surface area (Å²) >= 11 is 3.73. The number of aryl methyl sites for hydroxylation is 6. The third-order valence-electron chi connectivity index (χ3n) is 4.53. The third kappa shape index (κ3) is 3.84. The van der Waals surface area contributed by atoms with Gasteiger partial charge in [-0.25, -0.2) is 4.98 Å². The lowest BCUT2D eigenvalue weighted by atomic mass is 10.0. The van der Waals surface area contributed by atoms with E-state index in [1.54, 1.807) is 12.4 Å². The van der Waals surface area contributed by atoms with Gasteiger partial charge in [0, 0.05) is 39.6 Å². The van der Waals surface area contributed by atoms with Crippen LogP contribution in [0.1, 0.15) is 30.8 Å². The van der Waals surface area contributed by atoms with Crippen molar-refractivity contribution in [2.24, 2.45) is 0 Å². The van der Waals surface area contributed by atoms with Crippen molar-refractivity contribution in [2.45, 2.75) is 39.5 Å². The topological polar surface area (TPSA) is 38.7 Å². The predicted octanol–water partition coefficient (Wildman–Crippen LogP) is 5.34. The second-order valence-electron chi connectivity index (χ2n) is 6.53. The molecule has 4 rings (SSSR count). The van der Waals surface area contributed by atoms with Gasteiger partial charge in [0.2, 0.25) is 0 Å². The van der Waals surface area contributed by atoms with Gasteiger partial charge < -0.3 is 0 Å². The van der Waals surface area contributed by atoms with Gasteiger partial charge in [-0.1, -0.05) is 12.1 Å². The molecule has 0 fully saturated rings. The number of fused-ring (bicyclic) bond motifs is 1. The summed E-state index contributed by atoms with van der Waals surface area (Å²) in [6.07, 6.45) is 9.69. The van der Waals surface area contributed by atoms with Crippen LogP contribution >= 0.6 is 22.7 Å². The summed E-state index contributed by atoms with van der Waals surface area (Å²) in [5.74, 6) is 0. The molecule has 3 aromatic heterocycles. The van der Waals surface area contributed by atoms with Crippen molar-refractivity contribution in [3.05, 3.63) is 73.6 Å². The molecule has 0 atom stereocenters. The van der Waals surface area contributed by atoms with Gasteiger partial charge in [-0.2, -0.15) is 0 Å². The first-order chi connectivity index (χ1) is 12.7. The van der Waals surface area contributed by atoms with Crippen LogP contribution in [0.4, 0.5) is 0 Å². The Kier molecular flexibility index (Phi) is 5.09. The summed E-state index contributed by atoms with van der Waals surface area (Å²) in [7, 11) is 0. The number of hydrogen-bond acceptors (Lipinski definition) is 5. The van der Waals surface area contributed by atoms with Gasteiger partial charge >= 0.3 is 0 Å². The van der Waals surface area contributed by atoms with Crippen LogP contribution in [0.15, 0.2) is 42.9 Å². The van der Waals surface area contributed by atoms with E-state index in [2.05, 4.69) is 53.1 Å². The minimum absolute atomic E-state index is 0.973. The van der Waals surface area contributed by atoms with Crippen LogP contribution in [0.2, 0.25) is 0 Å². The molecule has 26 heavy (non-hydrogen) atoms. The average molecular weight is 380 g/mol. The number of aromatic nitrogens is 3. The fourth-order valence-corrected chi connectivity index (χ4v) is 4.95. The Morgan fingerprint density at radius 2 is 1.54 bits per heavy atom. The van der Waals surface area contributed by atoms with Crippen LogP contribution in [0.3, 0.4) is 0 Å². The van der Waals surface area contributed by atoms with Gasteiger partial charge in [0.1, 0.15) is 0 Å². The highest BCUT2D eigenvalue weighted by atomic mass is 32.1. The first-order valence-electron chi connectivity index (χ1n) is 8.87. The van der Waals surface area contributed by atoms with E-state index >= 15 is 0 Å². The monoisotopic (exact) mass is 379 g/mol. The maximum atomic E-state index is 4.62. The Morgan fingerprint density at radius 1 is 0.731 bits per heavy atom. The normalized spacial score (nSPS) is 11.3. The van der Waals surface area contributed by atoms with Gasteiger partial charge in [-0.05, 0) is 56.4 Å². The second-order valence-corrected chi connectivity index (χ2v) is 9.10. The number of nitrogens with zero attached hydrogens (tertiary/aromatic N) is 3. The zero-order valence-electron chi connectivity index (χ0n) is 15.0. The van der Waals surface area contributed by atoms with E-state index in [1.807, 2.05) is 28.9 Å². The minimum atomic E-state index is 0.973. The molecule has 132 valence electrons. The molecule has 0 unspecified atom stereocenters. The van der Waals surface area contributed by atoms with Crippen LogP contribution in [-0.4, -0.2) is 15.0 Å². The molecule has 3 nitrogen and oxygen atoms in total. The molecule has 3 heterocycles. The lowest BCUT2D eigenvalue weighted by Gasteiger charge is -2.06. The van der Waals surface area contributed by atoms with Crippen molar-refractivity contribution < 1.29 is 0 Å². The summed E-state index contributed by atoms with van der Waals surface area (Å²) in [6.45, 7) is 4.25. The van der Waals surface area contributed by atoms with Gasteiger partial charge in [0.15, 0.2) is 0 Å². The van der Waals surface area contributed by atoms with E-state index in [9.17, 15) is 0 Å². The highest BCUT2D eigenvalue weighted by Crippen LogP contribution is 2.23. The number of rotatable bonds is 6. The third-order valence-corrected chi connectivity index (χ3v) is 6.71. The molecule has 0 aliphatic heterocycles. The van der Waals surface area contributed by atoms with Crippen molar-refractivity contribution in [3.63, 3.8) is 0 Å². The fourth-order valence-electron chi connectivity index (χ4n) is 3.13. The van der Waals surface area contributed by atoms with Gasteiger partial charge in [0.05, 0.1) is 16.0 Å². The first kappa shape index (κ1) is 17.3. The molecule has 0 aliphatic carbocycles. The first-order valence-corrected chi connectivity index (χ1v) is 10.5. The molecule has 0 radical (unpaired) electrons. The van der Waals surface area contributed by atoms with Crippen LogP contribution in [0, 0.1) is 13.8 Å². The molecule has 0 bridgehead atoms. The van der Waals surface area contributed by atoms with E-state index in [0.29, 0.717) is 0 Å². The van der Waals surface area contributed by atoms with Gasteiger partial charge in [-0.15, -0.1) is 22.7 Å². The quantitative estimate of drug-likeness (QED) is 0.454. The molecular formula is C21H21N3S2. The molecule has 0 saturated heterocycles. The van der Waals surface area contributed by atoms with Crippen molar-refractivity contribution >= 4 is 33.7 Å². The predicted molar refractivity (Wildman–Crippen MR) is 110 cm³/mol. The molecule has 0 saturated carbocycles. The van der Waals surface area contributed by atoms with E-state index in [1.165, 1.54) is 30.8 Å². The number of benzene rings is 1. The number of hydrogen-bond donors (Lipinski definition) is 0. The summed E-state index contributed by atoms with van der Waals surface area (Å²) in [4.78, 5) is 17.8. The van der Waals surface area contributed by atoms with E-state index < -0.39 is 0 Å². The zero-order chi connectivity index (χ0) is 17.9. The second kappa shape index (κ2) is 7.64. The smallest absolute Gasteiger partial charge is 0.0931 e. The Hall–Kier alpha value is -2.11. The van der Waals surface area contributed by atoms with Gasteiger partial charge in [0.25, 0.3) is 0 Å². The lowest BCUT2D eigenvalue weighted by molar-refractivity contribution is 0.956. The number of thiophene rings is 1. The van der Waals surface area contributed by atoms with Crippen molar-refractivity contribution in [3.8, 4) is 0 Å². The molecule has 1 aromatic carbocycles. The Bertz CT molecular complexity index is 1030. The largest absolute Gasteiger partial charge is 0.253 e. The van der Waals surface area contributed by atoms with E-state index in [-0.39, 0.29) is 0 Å². The Balaban J connectivity index is 1.41. The SMILES string of the molecule is Cc1ccc(CCc2ncc(CCc3ccc(C)c4nccnc34)s2)s1. The summed E-state index contributed by atoms with van der Waals surface area (Å²) < 4.78 is 0. The molecule has 4 aromatic rings. The summed E-state index contributed by atoms with van der Waals surface area (Å²) in [5, 5.41) is 1.24. The molecular weight excluding hydrogens is 358 g/mol. The van der Waals surface area contributed by atoms with E-state index in [0.717, 1.165) is 36.7 Å². The minimum Gasteiger partial charge on any atom is -0.253 e. The van der Waals surface area contributed by atoms with E-state index in [4.69, 9.17) is 0 Å². The van der Waals surface area contributed by atoms with Crippen molar-refractivity contribution in [2.75, 3.05) is 0 Å². The van der Waals surface area contributed by atoms with Crippen LogP contribution in [0.5, 0.6) is 0 Å². The maximum Gasteiger partial charge on any atom is 0.0931 e. The standard InChI is InChI=1S/C21H21N3S2/c1-14-3-5-16(21-20(14)22-11-12-23-21)6-8-18-13-24-19(26-18)10-9-17-7-4-15(2)25-17/h3-5,7,11-13H,6,8-10H2,1-2H3. The van der Waals surface area contributed by atoms with Crippen molar-refractivity contribution in [1.82, 2.24) is 15.0 Å². The Labute approximate surface area is 161 Å². The molecule has 0 spiro atoms. The van der Waals surface area contributed by atoms with Crippen LogP contribution < -0.4 is 0 Å². The summed E-state index contributed by atoms with van der Waals surface area (Å²) in [6, 6.07) is 8.76. The van der Waals surface area contributed by atoms with Crippen molar-refractivity contribution in [1.29, 1.82) is 0 Å². The molecule has 0 amide bonds. The fraction of sp³-hybridized carbons (Fsp3) is 0.286.